The molecule has 0 unspecified atom stereocenters. The SMILES string of the molecule is COc1ccc(-c2cc(-c3ccc(Cl)c(Cl)c3)n(Cc3ccc(C(=O)Nc4nn[nH]n4)cc3)n2)cc1. The van der Waals surface area contributed by atoms with Crippen LogP contribution in [0.5, 0.6) is 5.75 Å². The zero-order chi connectivity index (χ0) is 25.1. The lowest BCUT2D eigenvalue weighted by Gasteiger charge is -2.09. The van der Waals surface area contributed by atoms with E-state index >= 15 is 0 Å². The molecule has 0 radical (unpaired) electrons. The van der Waals surface area contributed by atoms with Crippen molar-refractivity contribution in [2.45, 2.75) is 6.54 Å². The number of benzene rings is 3. The number of methoxy groups -OCH3 is 1. The molecule has 1 amide bonds. The van der Waals surface area contributed by atoms with Gasteiger partial charge < -0.3 is 4.74 Å². The van der Waals surface area contributed by atoms with Gasteiger partial charge in [0.15, 0.2) is 0 Å². The molecule has 36 heavy (non-hydrogen) atoms. The molecule has 0 aliphatic heterocycles. The Morgan fingerprint density at radius 3 is 2.39 bits per heavy atom. The summed E-state index contributed by atoms with van der Waals surface area (Å²) in [4.78, 5) is 12.4. The number of nitrogens with zero attached hydrogens (tertiary/aromatic N) is 5. The predicted octanol–water partition coefficient (Wildman–Crippen LogP) is 5.35. The Hall–Kier alpha value is -4.21. The second-order valence-electron chi connectivity index (χ2n) is 7.82. The molecule has 5 rings (SSSR count). The Morgan fingerprint density at radius 2 is 1.72 bits per heavy atom. The average Bonchev–Trinajstić information content (AvgIpc) is 3.56. The minimum Gasteiger partial charge on any atom is -0.497 e. The van der Waals surface area contributed by atoms with Gasteiger partial charge in [-0.1, -0.05) is 46.5 Å². The van der Waals surface area contributed by atoms with E-state index in [-0.39, 0.29) is 11.9 Å². The number of ether oxygens (including phenoxy) is 1. The van der Waals surface area contributed by atoms with Gasteiger partial charge in [-0.05, 0) is 65.4 Å². The Balaban J connectivity index is 1.45. The number of hydrogen-bond donors (Lipinski definition) is 2. The van der Waals surface area contributed by atoms with Crippen LogP contribution in [0.1, 0.15) is 15.9 Å². The van der Waals surface area contributed by atoms with Crippen LogP contribution in [0.3, 0.4) is 0 Å². The van der Waals surface area contributed by atoms with Crippen LogP contribution in [0, 0.1) is 0 Å². The Morgan fingerprint density at radius 1 is 0.972 bits per heavy atom. The number of amides is 1. The topological polar surface area (TPSA) is 111 Å². The third-order valence-corrected chi connectivity index (χ3v) is 6.24. The summed E-state index contributed by atoms with van der Waals surface area (Å²) in [7, 11) is 1.63. The number of carbonyl (C=O) groups is 1. The van der Waals surface area contributed by atoms with Gasteiger partial charge in [0, 0.05) is 16.7 Å². The van der Waals surface area contributed by atoms with Crippen molar-refractivity contribution in [3.8, 4) is 28.3 Å². The lowest BCUT2D eigenvalue weighted by Crippen LogP contribution is -2.13. The van der Waals surface area contributed by atoms with Crippen molar-refractivity contribution < 1.29 is 9.53 Å². The molecule has 0 saturated carbocycles. The second kappa shape index (κ2) is 10.2. The van der Waals surface area contributed by atoms with Crippen molar-refractivity contribution in [1.82, 2.24) is 30.4 Å². The largest absolute Gasteiger partial charge is 0.497 e. The second-order valence-corrected chi connectivity index (χ2v) is 8.63. The van der Waals surface area contributed by atoms with Crippen molar-refractivity contribution in [2.24, 2.45) is 0 Å². The molecule has 3 aromatic carbocycles. The Bertz CT molecular complexity index is 1500. The minimum absolute atomic E-state index is 0.109. The molecule has 0 saturated heterocycles. The molecule has 0 aliphatic carbocycles. The highest BCUT2D eigenvalue weighted by Crippen LogP contribution is 2.32. The van der Waals surface area contributed by atoms with E-state index in [0.717, 1.165) is 33.8 Å². The maximum Gasteiger partial charge on any atom is 0.270 e. The summed E-state index contributed by atoms with van der Waals surface area (Å²) >= 11 is 12.4. The quantitative estimate of drug-likeness (QED) is 0.300. The third kappa shape index (κ3) is 5.07. The Kier molecular flexibility index (Phi) is 6.66. The fourth-order valence-electron chi connectivity index (χ4n) is 3.65. The normalized spacial score (nSPS) is 10.9. The van der Waals surface area contributed by atoms with Gasteiger partial charge in [-0.2, -0.15) is 10.3 Å². The fraction of sp³-hybridized carbons (Fsp3) is 0.0800. The molecular weight excluding hydrogens is 501 g/mol. The van der Waals surface area contributed by atoms with Gasteiger partial charge in [-0.3, -0.25) is 14.8 Å². The number of anilines is 1. The molecule has 11 heteroatoms. The number of nitrogens with one attached hydrogen (secondary N) is 2. The summed E-state index contributed by atoms with van der Waals surface area (Å²) in [5, 5.41) is 21.5. The van der Waals surface area contributed by atoms with E-state index in [1.165, 1.54) is 0 Å². The van der Waals surface area contributed by atoms with E-state index in [1.54, 1.807) is 25.3 Å². The van der Waals surface area contributed by atoms with Crippen molar-refractivity contribution in [1.29, 1.82) is 0 Å². The van der Waals surface area contributed by atoms with E-state index in [4.69, 9.17) is 33.0 Å². The summed E-state index contributed by atoms with van der Waals surface area (Å²) < 4.78 is 7.17. The predicted molar refractivity (Wildman–Crippen MR) is 137 cm³/mol. The van der Waals surface area contributed by atoms with Crippen LogP contribution in [0.2, 0.25) is 10.0 Å². The van der Waals surface area contributed by atoms with Crippen molar-refractivity contribution >= 4 is 35.1 Å². The highest BCUT2D eigenvalue weighted by molar-refractivity contribution is 6.42. The molecule has 0 atom stereocenters. The van der Waals surface area contributed by atoms with Gasteiger partial charge >= 0.3 is 0 Å². The van der Waals surface area contributed by atoms with Crippen LogP contribution < -0.4 is 10.1 Å². The van der Waals surface area contributed by atoms with E-state index in [1.807, 2.05) is 59.3 Å². The van der Waals surface area contributed by atoms with Crippen molar-refractivity contribution in [3.63, 3.8) is 0 Å². The molecule has 0 spiro atoms. The van der Waals surface area contributed by atoms with E-state index in [2.05, 4.69) is 25.9 Å². The highest BCUT2D eigenvalue weighted by atomic mass is 35.5. The number of H-pyrrole nitrogens is 1. The van der Waals surface area contributed by atoms with Gasteiger partial charge in [-0.15, -0.1) is 5.10 Å². The number of hydrogen-bond acceptors (Lipinski definition) is 6. The molecule has 0 fully saturated rings. The first-order valence-corrected chi connectivity index (χ1v) is 11.6. The zero-order valence-corrected chi connectivity index (χ0v) is 20.5. The molecule has 2 aromatic heterocycles. The van der Waals surface area contributed by atoms with Gasteiger partial charge in [-0.25, -0.2) is 0 Å². The van der Waals surface area contributed by atoms with Crippen LogP contribution in [0.4, 0.5) is 5.95 Å². The molecule has 2 N–H and O–H groups in total. The van der Waals surface area contributed by atoms with Crippen LogP contribution in [0.15, 0.2) is 72.8 Å². The third-order valence-electron chi connectivity index (χ3n) is 5.50. The number of carbonyl (C=O) groups excluding carboxylic acids is 1. The maximum atomic E-state index is 12.4. The fourth-order valence-corrected chi connectivity index (χ4v) is 3.95. The summed E-state index contributed by atoms with van der Waals surface area (Å²) in [6.45, 7) is 0.471. The van der Waals surface area contributed by atoms with Crippen LogP contribution in [-0.4, -0.2) is 43.4 Å². The summed E-state index contributed by atoms with van der Waals surface area (Å²) in [6, 6.07) is 22.4. The summed E-state index contributed by atoms with van der Waals surface area (Å²) in [6.07, 6.45) is 0. The number of halogens is 2. The van der Waals surface area contributed by atoms with Crippen LogP contribution >= 0.6 is 23.2 Å². The first-order valence-electron chi connectivity index (χ1n) is 10.8. The van der Waals surface area contributed by atoms with E-state index < -0.39 is 0 Å². The van der Waals surface area contributed by atoms with Crippen molar-refractivity contribution in [2.75, 3.05) is 12.4 Å². The van der Waals surface area contributed by atoms with Crippen molar-refractivity contribution in [3.05, 3.63) is 94.0 Å². The first kappa shape index (κ1) is 23.5. The summed E-state index contributed by atoms with van der Waals surface area (Å²) in [5.74, 6) is 0.546. The smallest absolute Gasteiger partial charge is 0.270 e. The minimum atomic E-state index is -0.333. The van der Waals surface area contributed by atoms with Gasteiger partial charge in [0.1, 0.15) is 5.75 Å². The molecule has 5 aromatic rings. The van der Waals surface area contributed by atoms with E-state index in [9.17, 15) is 4.79 Å². The zero-order valence-electron chi connectivity index (χ0n) is 18.9. The first-order chi connectivity index (χ1) is 17.5. The lowest BCUT2D eigenvalue weighted by atomic mass is 10.1. The standard InChI is InChI=1S/C25H19Cl2N7O2/c1-36-19-9-6-16(7-10-19)22-13-23(18-8-11-20(26)21(27)12-18)34(31-22)14-15-2-4-17(5-3-15)24(35)28-25-29-32-33-30-25/h2-13H,14H2,1H3,(H2,28,29,30,32,33,35). The number of rotatable bonds is 7. The summed E-state index contributed by atoms with van der Waals surface area (Å²) in [5.41, 5.74) is 4.93. The van der Waals surface area contributed by atoms with Gasteiger partial charge in [0.2, 0.25) is 0 Å². The molecule has 180 valence electrons. The maximum absolute atomic E-state index is 12.4. The molecule has 9 nitrogen and oxygen atoms in total. The number of tetrazole rings is 1. The molecule has 0 bridgehead atoms. The van der Waals surface area contributed by atoms with Crippen LogP contribution in [-0.2, 0) is 6.54 Å². The van der Waals surface area contributed by atoms with Gasteiger partial charge in [0.25, 0.3) is 11.9 Å². The number of aromatic amines is 1. The lowest BCUT2D eigenvalue weighted by molar-refractivity contribution is 0.102. The monoisotopic (exact) mass is 519 g/mol. The van der Waals surface area contributed by atoms with Crippen LogP contribution in [0.25, 0.3) is 22.5 Å². The Labute approximate surface area is 216 Å². The molecule has 0 aliphatic rings. The highest BCUT2D eigenvalue weighted by Gasteiger charge is 2.15. The molecular formula is C25H19Cl2N7O2. The van der Waals surface area contributed by atoms with Gasteiger partial charge in [0.05, 0.1) is 35.1 Å². The van der Waals surface area contributed by atoms with E-state index in [0.29, 0.717) is 22.2 Å². The average molecular weight is 520 g/mol. The molecule has 2 heterocycles. The number of aromatic nitrogens is 6.